The summed E-state index contributed by atoms with van der Waals surface area (Å²) in [4.78, 5) is 47.6. The van der Waals surface area contributed by atoms with E-state index in [-0.39, 0.29) is 24.5 Å². The molecule has 0 atom stereocenters. The van der Waals surface area contributed by atoms with E-state index in [2.05, 4.69) is 0 Å². The molecule has 0 spiro atoms. The number of hydrogen-bond donors (Lipinski definition) is 3. The number of benzene rings is 1. The van der Waals surface area contributed by atoms with Gasteiger partial charge in [0.2, 0.25) is 0 Å². The number of nitrogens with one attached hydrogen (secondary N) is 1. The summed E-state index contributed by atoms with van der Waals surface area (Å²) in [5.74, 6) is -3.41. The Morgan fingerprint density at radius 3 is 2.05 bits per heavy atom. The van der Waals surface area contributed by atoms with Gasteiger partial charge >= 0.3 is 36.5 Å². The van der Waals surface area contributed by atoms with Crippen molar-refractivity contribution in [1.82, 2.24) is 9.55 Å². The molecule has 0 aliphatic carbocycles. The van der Waals surface area contributed by atoms with E-state index in [9.17, 15) is 24.3 Å². The average Bonchev–Trinajstić information content (AvgIpc) is 2.38. The number of carbonyl (C=O) groups is 2. The van der Waals surface area contributed by atoms with Crippen LogP contribution in [0.5, 0.6) is 0 Å². The molecule has 2 aromatic rings. The predicted octanol–water partition coefficient (Wildman–Crippen LogP) is -0.418. The van der Waals surface area contributed by atoms with Crippen LogP contribution in [0.4, 0.5) is 0 Å². The Kier molecular flexibility index (Phi) is 5.14. The van der Waals surface area contributed by atoms with Crippen LogP contribution in [0.1, 0.15) is 26.4 Å². The van der Waals surface area contributed by atoms with Gasteiger partial charge in [-0.3, -0.25) is 14.3 Å². The molecule has 0 aliphatic heterocycles. The molecule has 0 fully saturated rings. The predicted molar refractivity (Wildman–Crippen MR) is 78.5 cm³/mol. The topological polar surface area (TPSA) is 129 Å². The number of nitrogens with zero attached hydrogens (tertiary/aromatic N) is 1. The Hall–Kier alpha value is -2.56. The number of H-pyrrole nitrogens is 1. The molecule has 0 amide bonds. The number of aromatic amines is 1. The second-order valence-electron chi connectivity index (χ2n) is 4.26. The maximum absolute atomic E-state index is 11.9. The summed E-state index contributed by atoms with van der Waals surface area (Å²) < 4.78 is 0.645. The summed E-state index contributed by atoms with van der Waals surface area (Å²) in [7, 11) is 0. The first-order chi connectivity index (χ1) is 9.82. The Labute approximate surface area is 135 Å². The Morgan fingerprint density at radius 2 is 1.59 bits per heavy atom. The zero-order chi connectivity index (χ0) is 15.7. The Balaban J connectivity index is 0.00000242. The van der Waals surface area contributed by atoms with Crippen molar-refractivity contribution in [3.63, 3.8) is 0 Å². The Bertz CT molecular complexity index is 850. The normalized spacial score (nSPS) is 9.86. The van der Waals surface area contributed by atoms with E-state index < -0.39 is 34.4 Å². The molecule has 110 valence electrons. The van der Waals surface area contributed by atoms with Crippen LogP contribution < -0.4 is 11.2 Å². The molecule has 0 saturated heterocycles. The van der Waals surface area contributed by atoms with Gasteiger partial charge in [-0.25, -0.2) is 14.4 Å². The second kappa shape index (κ2) is 6.47. The van der Waals surface area contributed by atoms with Crippen LogP contribution in [0.25, 0.3) is 5.69 Å². The molecule has 9 heteroatoms. The van der Waals surface area contributed by atoms with E-state index in [1.807, 2.05) is 0 Å². The molecule has 1 aromatic carbocycles. The van der Waals surface area contributed by atoms with Gasteiger partial charge in [0, 0.05) is 0 Å². The van der Waals surface area contributed by atoms with Gasteiger partial charge in [0.1, 0.15) is 0 Å². The van der Waals surface area contributed by atoms with Gasteiger partial charge in [-0.05, 0) is 19.1 Å². The number of carboxylic acids is 2. The van der Waals surface area contributed by atoms with Crippen LogP contribution in [0, 0.1) is 6.92 Å². The monoisotopic (exact) mass is 298 g/mol. The summed E-state index contributed by atoms with van der Waals surface area (Å²) in [6.07, 6.45) is 0. The Morgan fingerprint density at radius 1 is 1.05 bits per heavy atom. The third-order valence-corrected chi connectivity index (χ3v) is 2.82. The number of rotatable bonds is 3. The zero-order valence-corrected chi connectivity index (χ0v) is 10.8. The van der Waals surface area contributed by atoms with E-state index in [1.54, 1.807) is 24.0 Å². The van der Waals surface area contributed by atoms with Gasteiger partial charge < -0.3 is 10.2 Å². The van der Waals surface area contributed by atoms with Crippen molar-refractivity contribution in [2.45, 2.75) is 6.92 Å². The number of aromatic carboxylic acids is 2. The molecule has 22 heavy (non-hydrogen) atoms. The molecule has 3 N–H and O–H groups in total. The summed E-state index contributed by atoms with van der Waals surface area (Å²) in [6, 6.07) is 6.15. The van der Waals surface area contributed by atoms with Gasteiger partial charge in [-0.2, -0.15) is 0 Å². The molecule has 8 nitrogen and oxygen atoms in total. The van der Waals surface area contributed by atoms with Crippen molar-refractivity contribution >= 4 is 30.8 Å². The fourth-order valence-electron chi connectivity index (χ4n) is 1.88. The number of aromatic nitrogens is 2. The third-order valence-electron chi connectivity index (χ3n) is 2.82. The molecule has 2 rings (SSSR count). The standard InChI is InChI=1S/C13H10N2O6.Li.H/c1-6-2-4-7(5-3-6)15-9(12(19)20)8(11(17)18)10(16)14-13(15)21;;/h2-5H,1H3,(H,17,18)(H,19,20)(H,14,16,21);;. The fraction of sp³-hybridized carbons (Fsp3) is 0.0769. The molecule has 0 saturated carbocycles. The van der Waals surface area contributed by atoms with Crippen LogP contribution >= 0.6 is 0 Å². The molecule has 0 bridgehead atoms. The van der Waals surface area contributed by atoms with E-state index >= 15 is 0 Å². The van der Waals surface area contributed by atoms with E-state index in [1.165, 1.54) is 12.1 Å². The van der Waals surface area contributed by atoms with Crippen molar-refractivity contribution in [1.29, 1.82) is 0 Å². The molecule has 1 heterocycles. The van der Waals surface area contributed by atoms with Gasteiger partial charge in [0.15, 0.2) is 11.3 Å². The SMILES string of the molecule is Cc1ccc(-n2c(C(=O)O)c(C(=O)O)c(=O)[nH]c2=O)cc1.[LiH]. The zero-order valence-electron chi connectivity index (χ0n) is 10.8. The van der Waals surface area contributed by atoms with Gasteiger partial charge in [0.25, 0.3) is 5.56 Å². The fourth-order valence-corrected chi connectivity index (χ4v) is 1.88. The number of carboxylic acid groups (broad SMARTS) is 2. The van der Waals surface area contributed by atoms with Crippen LogP contribution in [-0.2, 0) is 0 Å². The first kappa shape index (κ1) is 17.5. The molecular weight excluding hydrogens is 287 g/mol. The molecular formula is C13H11LiN2O6. The van der Waals surface area contributed by atoms with E-state index in [0.717, 1.165) is 5.56 Å². The summed E-state index contributed by atoms with van der Waals surface area (Å²) in [5.41, 5.74) is -3.16. The van der Waals surface area contributed by atoms with Gasteiger partial charge in [-0.15, -0.1) is 0 Å². The van der Waals surface area contributed by atoms with Crippen molar-refractivity contribution in [2.75, 3.05) is 0 Å². The first-order valence-corrected chi connectivity index (χ1v) is 5.76. The average molecular weight is 298 g/mol. The quantitative estimate of drug-likeness (QED) is 0.660. The molecule has 1 aromatic heterocycles. The van der Waals surface area contributed by atoms with Crippen molar-refractivity contribution in [3.05, 3.63) is 61.9 Å². The van der Waals surface area contributed by atoms with Gasteiger partial charge in [0.05, 0.1) is 5.69 Å². The van der Waals surface area contributed by atoms with Crippen LogP contribution in [0.15, 0.2) is 33.9 Å². The van der Waals surface area contributed by atoms with Crippen LogP contribution in [0.2, 0.25) is 0 Å². The van der Waals surface area contributed by atoms with Crippen molar-refractivity contribution in [2.24, 2.45) is 0 Å². The van der Waals surface area contributed by atoms with E-state index in [4.69, 9.17) is 5.11 Å². The van der Waals surface area contributed by atoms with E-state index in [0.29, 0.717) is 4.57 Å². The minimum absolute atomic E-state index is 0. The van der Waals surface area contributed by atoms with Gasteiger partial charge in [-0.1, -0.05) is 17.7 Å². The molecule has 0 aliphatic rings. The number of hydrogen-bond acceptors (Lipinski definition) is 4. The van der Waals surface area contributed by atoms with Crippen molar-refractivity contribution in [3.8, 4) is 5.69 Å². The maximum atomic E-state index is 11.9. The van der Waals surface area contributed by atoms with Crippen LogP contribution in [0.3, 0.4) is 0 Å². The second-order valence-corrected chi connectivity index (χ2v) is 4.26. The van der Waals surface area contributed by atoms with Crippen molar-refractivity contribution < 1.29 is 19.8 Å². The summed E-state index contributed by atoms with van der Waals surface area (Å²) in [6.45, 7) is 1.79. The molecule has 0 radical (unpaired) electrons. The molecule has 0 unspecified atom stereocenters. The first-order valence-electron chi connectivity index (χ1n) is 5.76. The third kappa shape index (κ3) is 3.03. The summed E-state index contributed by atoms with van der Waals surface area (Å²) in [5, 5.41) is 18.2. The summed E-state index contributed by atoms with van der Waals surface area (Å²) >= 11 is 0. The number of aryl methyl sites for hydroxylation is 1. The van der Waals surface area contributed by atoms with Crippen LogP contribution in [-0.4, -0.2) is 50.6 Å². The minimum atomic E-state index is -1.73.